The molecule has 118 valence electrons. The van der Waals surface area contributed by atoms with Crippen molar-refractivity contribution < 1.29 is 14.3 Å². The molecule has 1 atom stereocenters. The number of allylic oxidation sites excluding steroid dienone is 1. The fourth-order valence-corrected chi connectivity index (χ4v) is 2.06. The Morgan fingerprint density at radius 3 is 2.43 bits per heavy atom. The van der Waals surface area contributed by atoms with Crippen LogP contribution in [0.5, 0.6) is 0 Å². The third-order valence-electron chi connectivity index (χ3n) is 3.35. The van der Waals surface area contributed by atoms with E-state index in [-0.39, 0.29) is 5.71 Å². The lowest BCUT2D eigenvalue weighted by atomic mass is 10.0. The van der Waals surface area contributed by atoms with Gasteiger partial charge in [-0.3, -0.25) is 0 Å². The van der Waals surface area contributed by atoms with E-state index in [1.165, 1.54) is 30.5 Å². The Morgan fingerprint density at radius 2 is 1.83 bits per heavy atom. The van der Waals surface area contributed by atoms with Gasteiger partial charge in [-0.15, -0.1) is 0 Å². The molecule has 4 nitrogen and oxygen atoms in total. The van der Waals surface area contributed by atoms with Crippen molar-refractivity contribution in [1.29, 1.82) is 0 Å². The molecule has 0 aromatic heterocycles. The van der Waals surface area contributed by atoms with Crippen LogP contribution in [0.3, 0.4) is 0 Å². The van der Waals surface area contributed by atoms with Crippen molar-refractivity contribution >= 4 is 18.0 Å². The standard InChI is InChI=1S/C18H17FN2O2/c1-14(18(20-22)16-9-11-17(19)12-10-16)21(23)13-5-8-15-6-3-2-4-7-15/h2-14,22H,1H3/b8-5+,20-18+,21-13-/t14-/m0/s1. The minimum atomic E-state index is -0.717. The van der Waals surface area contributed by atoms with E-state index in [0.717, 1.165) is 5.56 Å². The Hall–Kier alpha value is -2.95. The molecule has 0 aliphatic heterocycles. The van der Waals surface area contributed by atoms with Crippen molar-refractivity contribution in [2.45, 2.75) is 13.0 Å². The molecule has 2 rings (SSSR count). The molecule has 0 aliphatic carbocycles. The molecular weight excluding hydrogens is 295 g/mol. The van der Waals surface area contributed by atoms with Gasteiger partial charge in [0.1, 0.15) is 5.82 Å². The smallest absolute Gasteiger partial charge is 0.206 e. The maximum absolute atomic E-state index is 13.0. The van der Waals surface area contributed by atoms with E-state index in [2.05, 4.69) is 5.16 Å². The minimum absolute atomic E-state index is 0.171. The highest BCUT2D eigenvalue weighted by molar-refractivity contribution is 6.03. The molecule has 0 amide bonds. The molecule has 0 unspecified atom stereocenters. The highest BCUT2D eigenvalue weighted by Gasteiger charge is 2.20. The molecule has 5 heteroatoms. The Kier molecular flexibility index (Phi) is 5.63. The lowest BCUT2D eigenvalue weighted by Gasteiger charge is -2.13. The van der Waals surface area contributed by atoms with Crippen LogP contribution in [0, 0.1) is 11.0 Å². The topological polar surface area (TPSA) is 58.7 Å². The second kappa shape index (κ2) is 7.89. The van der Waals surface area contributed by atoms with E-state index in [1.807, 2.05) is 30.3 Å². The Balaban J connectivity index is 2.13. The summed E-state index contributed by atoms with van der Waals surface area (Å²) < 4.78 is 13.6. The first-order valence-electron chi connectivity index (χ1n) is 7.11. The van der Waals surface area contributed by atoms with Gasteiger partial charge in [-0.2, -0.15) is 0 Å². The molecule has 0 aliphatic rings. The monoisotopic (exact) mass is 312 g/mol. The molecule has 0 bridgehead atoms. The second-order valence-electron chi connectivity index (χ2n) is 4.95. The number of halogens is 1. The summed E-state index contributed by atoms with van der Waals surface area (Å²) in [4.78, 5) is 0. The molecule has 2 aromatic rings. The maximum Gasteiger partial charge on any atom is 0.206 e. The largest absolute Gasteiger partial charge is 0.623 e. The van der Waals surface area contributed by atoms with Gasteiger partial charge < -0.3 is 10.4 Å². The molecule has 2 aromatic carbocycles. The Labute approximate surface area is 134 Å². The quantitative estimate of drug-likeness (QED) is 0.301. The van der Waals surface area contributed by atoms with E-state index in [0.29, 0.717) is 10.3 Å². The van der Waals surface area contributed by atoms with Gasteiger partial charge in [0.2, 0.25) is 6.04 Å². The molecule has 1 N–H and O–H groups in total. The van der Waals surface area contributed by atoms with Gasteiger partial charge in [0.25, 0.3) is 0 Å². The van der Waals surface area contributed by atoms with Crippen molar-refractivity contribution in [3.8, 4) is 0 Å². The number of hydrogen-bond donors (Lipinski definition) is 1. The normalized spacial score (nSPS) is 14.2. The summed E-state index contributed by atoms with van der Waals surface area (Å²) in [5.41, 5.74) is 1.63. The van der Waals surface area contributed by atoms with Gasteiger partial charge in [0, 0.05) is 18.6 Å². The van der Waals surface area contributed by atoms with Crippen LogP contribution in [0.4, 0.5) is 4.39 Å². The van der Waals surface area contributed by atoms with Crippen LogP contribution in [0.1, 0.15) is 18.1 Å². The van der Waals surface area contributed by atoms with Crippen LogP contribution >= 0.6 is 0 Å². The molecule has 0 radical (unpaired) electrons. The third kappa shape index (κ3) is 4.51. The van der Waals surface area contributed by atoms with Gasteiger partial charge >= 0.3 is 0 Å². The van der Waals surface area contributed by atoms with Crippen molar-refractivity contribution in [3.05, 3.63) is 82.8 Å². The van der Waals surface area contributed by atoms with Gasteiger partial charge in [-0.05, 0) is 35.9 Å². The zero-order valence-corrected chi connectivity index (χ0v) is 12.6. The van der Waals surface area contributed by atoms with E-state index in [1.54, 1.807) is 19.1 Å². The minimum Gasteiger partial charge on any atom is -0.623 e. The number of rotatable bonds is 5. The molecular formula is C18H17FN2O2. The van der Waals surface area contributed by atoms with Crippen LogP contribution in [-0.4, -0.2) is 27.9 Å². The fourth-order valence-electron chi connectivity index (χ4n) is 2.06. The van der Waals surface area contributed by atoms with Crippen LogP contribution in [-0.2, 0) is 0 Å². The molecule has 0 spiro atoms. The first kappa shape index (κ1) is 16.4. The van der Waals surface area contributed by atoms with Crippen molar-refractivity contribution in [1.82, 2.24) is 0 Å². The number of nitrogens with zero attached hydrogens (tertiary/aromatic N) is 2. The Bertz CT molecular complexity index is 722. The zero-order valence-electron chi connectivity index (χ0n) is 12.6. The van der Waals surface area contributed by atoms with Crippen molar-refractivity contribution in [3.63, 3.8) is 0 Å². The first-order chi connectivity index (χ1) is 11.1. The lowest BCUT2D eigenvalue weighted by molar-refractivity contribution is -0.471. The van der Waals surface area contributed by atoms with Gasteiger partial charge in [0.15, 0.2) is 11.9 Å². The van der Waals surface area contributed by atoms with Crippen LogP contribution in [0.15, 0.2) is 65.8 Å². The first-order valence-corrected chi connectivity index (χ1v) is 7.11. The van der Waals surface area contributed by atoms with Crippen molar-refractivity contribution in [2.75, 3.05) is 0 Å². The predicted molar refractivity (Wildman–Crippen MR) is 89.4 cm³/mol. The van der Waals surface area contributed by atoms with Crippen molar-refractivity contribution in [2.24, 2.45) is 5.16 Å². The molecule has 0 heterocycles. The molecule has 0 saturated heterocycles. The SMILES string of the molecule is C[C@@H](/C(=N\O)c1ccc(F)cc1)/[N+]([O-])=C/C=C/c1ccccc1. The summed E-state index contributed by atoms with van der Waals surface area (Å²) in [5, 5.41) is 24.5. The zero-order chi connectivity index (χ0) is 16.7. The van der Waals surface area contributed by atoms with E-state index < -0.39 is 11.9 Å². The maximum atomic E-state index is 13.0. The number of oxime groups is 1. The van der Waals surface area contributed by atoms with Gasteiger partial charge in [0.05, 0.1) is 0 Å². The van der Waals surface area contributed by atoms with E-state index in [9.17, 15) is 9.60 Å². The summed E-state index contributed by atoms with van der Waals surface area (Å²) in [5.74, 6) is -0.393. The average Bonchev–Trinajstić information content (AvgIpc) is 2.58. The van der Waals surface area contributed by atoms with Crippen LogP contribution < -0.4 is 0 Å². The summed E-state index contributed by atoms with van der Waals surface area (Å²) in [6, 6.07) is 14.3. The Morgan fingerprint density at radius 1 is 1.17 bits per heavy atom. The van der Waals surface area contributed by atoms with Gasteiger partial charge in [-0.1, -0.05) is 35.5 Å². The number of hydroxylamine groups is 1. The van der Waals surface area contributed by atoms with Crippen LogP contribution in [0.25, 0.3) is 6.08 Å². The molecule has 0 fully saturated rings. The van der Waals surface area contributed by atoms with Gasteiger partial charge in [-0.25, -0.2) is 9.13 Å². The highest BCUT2D eigenvalue weighted by Crippen LogP contribution is 2.09. The van der Waals surface area contributed by atoms with E-state index in [4.69, 9.17) is 5.21 Å². The average molecular weight is 312 g/mol. The fraction of sp³-hybridized carbons (Fsp3) is 0.111. The predicted octanol–water partition coefficient (Wildman–Crippen LogP) is 3.69. The summed E-state index contributed by atoms with van der Waals surface area (Å²) in [6.07, 6.45) is 4.77. The van der Waals surface area contributed by atoms with Crippen LogP contribution in [0.2, 0.25) is 0 Å². The third-order valence-corrected chi connectivity index (χ3v) is 3.35. The highest BCUT2D eigenvalue weighted by atomic mass is 19.1. The number of benzene rings is 2. The summed E-state index contributed by atoms with van der Waals surface area (Å²) in [7, 11) is 0. The van der Waals surface area contributed by atoms with E-state index >= 15 is 0 Å². The summed E-state index contributed by atoms with van der Waals surface area (Å²) in [6.45, 7) is 1.61. The lowest BCUT2D eigenvalue weighted by Crippen LogP contribution is -2.29. The molecule has 23 heavy (non-hydrogen) atoms. The summed E-state index contributed by atoms with van der Waals surface area (Å²) >= 11 is 0. The molecule has 0 saturated carbocycles. The number of hydrogen-bond acceptors (Lipinski definition) is 3. The second-order valence-corrected chi connectivity index (χ2v) is 4.95.